The standard InChI is InChI=1S/C15H28N2O3/c1-5-7-15(8-6-9-16-11-15)13(20)17(10-12(18)19)14(2,3)4/h16H,5-11H2,1-4H3,(H,18,19). The molecule has 1 heterocycles. The van der Waals surface area contributed by atoms with Crippen LogP contribution in [0.4, 0.5) is 0 Å². The molecule has 20 heavy (non-hydrogen) atoms. The number of nitrogens with zero attached hydrogens (tertiary/aromatic N) is 1. The van der Waals surface area contributed by atoms with E-state index >= 15 is 0 Å². The molecular formula is C15H28N2O3. The lowest BCUT2D eigenvalue weighted by Gasteiger charge is -2.44. The molecule has 2 N–H and O–H groups in total. The van der Waals surface area contributed by atoms with E-state index in [-0.39, 0.29) is 12.5 Å². The van der Waals surface area contributed by atoms with Crippen LogP contribution in [0.2, 0.25) is 0 Å². The second kappa shape index (κ2) is 6.57. The van der Waals surface area contributed by atoms with Gasteiger partial charge in [0.1, 0.15) is 6.54 Å². The Hall–Kier alpha value is -1.10. The van der Waals surface area contributed by atoms with Gasteiger partial charge >= 0.3 is 5.97 Å². The van der Waals surface area contributed by atoms with Crippen molar-refractivity contribution in [2.75, 3.05) is 19.6 Å². The smallest absolute Gasteiger partial charge is 0.323 e. The number of hydrogen-bond donors (Lipinski definition) is 2. The summed E-state index contributed by atoms with van der Waals surface area (Å²) in [5.41, 5.74) is -0.913. The van der Waals surface area contributed by atoms with Crippen LogP contribution in [-0.4, -0.2) is 47.1 Å². The van der Waals surface area contributed by atoms with Gasteiger partial charge in [0.15, 0.2) is 0 Å². The van der Waals surface area contributed by atoms with Crippen molar-refractivity contribution in [3.05, 3.63) is 0 Å². The van der Waals surface area contributed by atoms with E-state index in [1.807, 2.05) is 20.8 Å². The van der Waals surface area contributed by atoms with E-state index in [0.29, 0.717) is 6.54 Å². The Morgan fingerprint density at radius 1 is 1.35 bits per heavy atom. The van der Waals surface area contributed by atoms with Crippen LogP contribution in [0.3, 0.4) is 0 Å². The first-order chi connectivity index (χ1) is 9.23. The Kier molecular flexibility index (Phi) is 5.57. The van der Waals surface area contributed by atoms with Crippen LogP contribution in [0.15, 0.2) is 0 Å². The van der Waals surface area contributed by atoms with E-state index in [4.69, 9.17) is 5.11 Å². The van der Waals surface area contributed by atoms with Crippen molar-refractivity contribution in [1.82, 2.24) is 10.2 Å². The molecule has 0 spiro atoms. The number of carbonyl (C=O) groups excluding carboxylic acids is 1. The van der Waals surface area contributed by atoms with Gasteiger partial charge in [-0.2, -0.15) is 0 Å². The van der Waals surface area contributed by atoms with Gasteiger partial charge in [0.05, 0.1) is 5.41 Å². The summed E-state index contributed by atoms with van der Waals surface area (Å²) in [6, 6.07) is 0. The Morgan fingerprint density at radius 3 is 2.40 bits per heavy atom. The summed E-state index contributed by atoms with van der Waals surface area (Å²) in [5, 5.41) is 12.4. The molecule has 1 rings (SSSR count). The van der Waals surface area contributed by atoms with Crippen molar-refractivity contribution in [2.24, 2.45) is 5.41 Å². The quantitative estimate of drug-likeness (QED) is 0.808. The minimum Gasteiger partial charge on any atom is -0.480 e. The Labute approximate surface area is 121 Å². The highest BCUT2D eigenvalue weighted by atomic mass is 16.4. The summed E-state index contributed by atoms with van der Waals surface area (Å²) in [6.07, 6.45) is 3.55. The summed E-state index contributed by atoms with van der Waals surface area (Å²) in [5.74, 6) is -0.967. The third-order valence-electron chi connectivity index (χ3n) is 4.00. The van der Waals surface area contributed by atoms with Gasteiger partial charge in [0, 0.05) is 12.1 Å². The fourth-order valence-corrected chi connectivity index (χ4v) is 2.98. The van der Waals surface area contributed by atoms with Crippen LogP contribution in [0, 0.1) is 5.41 Å². The predicted molar refractivity (Wildman–Crippen MR) is 78.5 cm³/mol. The second-order valence-corrected chi connectivity index (χ2v) is 6.77. The largest absolute Gasteiger partial charge is 0.480 e. The van der Waals surface area contributed by atoms with Gasteiger partial charge in [-0.05, 0) is 46.6 Å². The van der Waals surface area contributed by atoms with Crippen molar-refractivity contribution >= 4 is 11.9 Å². The number of carboxylic acids is 1. The summed E-state index contributed by atoms with van der Waals surface area (Å²) in [6.45, 7) is 9.12. The molecule has 1 aliphatic heterocycles. The van der Waals surface area contributed by atoms with E-state index in [1.165, 1.54) is 4.90 Å². The zero-order valence-corrected chi connectivity index (χ0v) is 13.2. The highest BCUT2D eigenvalue weighted by Gasteiger charge is 2.44. The van der Waals surface area contributed by atoms with E-state index < -0.39 is 16.9 Å². The maximum absolute atomic E-state index is 13.0. The maximum Gasteiger partial charge on any atom is 0.323 e. The molecule has 1 unspecified atom stereocenters. The van der Waals surface area contributed by atoms with E-state index in [9.17, 15) is 9.59 Å². The number of nitrogens with one attached hydrogen (secondary N) is 1. The number of carboxylic acid groups (broad SMARTS) is 1. The van der Waals surface area contributed by atoms with Gasteiger partial charge in [-0.3, -0.25) is 9.59 Å². The van der Waals surface area contributed by atoms with Crippen LogP contribution in [0.1, 0.15) is 53.4 Å². The monoisotopic (exact) mass is 284 g/mol. The van der Waals surface area contributed by atoms with Gasteiger partial charge < -0.3 is 15.3 Å². The third kappa shape index (κ3) is 3.95. The SMILES string of the molecule is CCCC1(C(=O)N(CC(=O)O)C(C)(C)C)CCCNC1. The molecule has 0 aliphatic carbocycles. The maximum atomic E-state index is 13.0. The molecule has 5 nitrogen and oxygen atoms in total. The highest BCUT2D eigenvalue weighted by molar-refractivity contribution is 5.87. The zero-order chi connectivity index (χ0) is 15.4. The van der Waals surface area contributed by atoms with Crippen molar-refractivity contribution in [3.63, 3.8) is 0 Å². The topological polar surface area (TPSA) is 69.6 Å². The minimum atomic E-state index is -0.955. The number of carbonyl (C=O) groups is 2. The molecule has 5 heteroatoms. The van der Waals surface area contributed by atoms with Crippen molar-refractivity contribution in [1.29, 1.82) is 0 Å². The summed E-state index contributed by atoms with van der Waals surface area (Å²) in [7, 11) is 0. The lowest BCUT2D eigenvalue weighted by molar-refractivity contribution is -0.156. The number of hydrogen-bond acceptors (Lipinski definition) is 3. The first-order valence-electron chi connectivity index (χ1n) is 7.47. The van der Waals surface area contributed by atoms with Gasteiger partial charge in [-0.25, -0.2) is 0 Å². The molecule has 0 aromatic heterocycles. The second-order valence-electron chi connectivity index (χ2n) is 6.77. The van der Waals surface area contributed by atoms with Gasteiger partial charge in [-0.15, -0.1) is 0 Å². The molecule has 0 bridgehead atoms. The molecule has 0 aromatic carbocycles. The predicted octanol–water partition coefficient (Wildman–Crippen LogP) is 1.87. The first-order valence-corrected chi connectivity index (χ1v) is 7.47. The molecular weight excluding hydrogens is 256 g/mol. The Bertz CT molecular complexity index is 349. The Balaban J connectivity index is 3.03. The van der Waals surface area contributed by atoms with E-state index in [2.05, 4.69) is 12.2 Å². The number of amides is 1. The fourth-order valence-electron chi connectivity index (χ4n) is 2.98. The minimum absolute atomic E-state index is 0.0125. The summed E-state index contributed by atoms with van der Waals surface area (Å²) >= 11 is 0. The van der Waals surface area contributed by atoms with Crippen LogP contribution in [0.25, 0.3) is 0 Å². The van der Waals surface area contributed by atoms with Crippen LogP contribution >= 0.6 is 0 Å². The average Bonchev–Trinajstić information content (AvgIpc) is 2.35. The average molecular weight is 284 g/mol. The lowest BCUT2D eigenvalue weighted by Crippen LogP contribution is -2.58. The lowest BCUT2D eigenvalue weighted by atomic mass is 9.75. The molecule has 116 valence electrons. The Morgan fingerprint density at radius 2 is 2.00 bits per heavy atom. The van der Waals surface area contributed by atoms with Gasteiger partial charge in [0.2, 0.25) is 5.91 Å². The van der Waals surface area contributed by atoms with E-state index in [1.54, 1.807) is 0 Å². The van der Waals surface area contributed by atoms with Gasteiger partial charge in [-0.1, -0.05) is 13.3 Å². The van der Waals surface area contributed by atoms with Crippen LogP contribution in [-0.2, 0) is 9.59 Å². The first kappa shape index (κ1) is 17.0. The highest BCUT2D eigenvalue weighted by Crippen LogP contribution is 2.35. The van der Waals surface area contributed by atoms with Gasteiger partial charge in [0.25, 0.3) is 0 Å². The molecule has 0 radical (unpaired) electrons. The molecule has 1 aliphatic rings. The van der Waals surface area contributed by atoms with Crippen LogP contribution < -0.4 is 5.32 Å². The van der Waals surface area contributed by atoms with Crippen LogP contribution in [0.5, 0.6) is 0 Å². The molecule has 0 aromatic rings. The molecule has 0 saturated carbocycles. The van der Waals surface area contributed by atoms with Crippen molar-refractivity contribution < 1.29 is 14.7 Å². The number of piperidine rings is 1. The normalized spacial score (nSPS) is 23.4. The molecule has 1 fully saturated rings. The third-order valence-corrected chi connectivity index (χ3v) is 4.00. The number of aliphatic carboxylic acids is 1. The fraction of sp³-hybridized carbons (Fsp3) is 0.867. The molecule has 1 saturated heterocycles. The number of rotatable bonds is 5. The van der Waals surface area contributed by atoms with Crippen molar-refractivity contribution in [2.45, 2.75) is 58.9 Å². The van der Waals surface area contributed by atoms with E-state index in [0.717, 1.165) is 32.2 Å². The molecule has 1 atom stereocenters. The van der Waals surface area contributed by atoms with Crippen molar-refractivity contribution in [3.8, 4) is 0 Å². The zero-order valence-electron chi connectivity index (χ0n) is 13.2. The summed E-state index contributed by atoms with van der Waals surface area (Å²) in [4.78, 5) is 25.6. The summed E-state index contributed by atoms with van der Waals surface area (Å²) < 4.78 is 0. The molecule has 1 amide bonds.